The van der Waals surface area contributed by atoms with Crippen LogP contribution in [0.25, 0.3) is 0 Å². The van der Waals surface area contributed by atoms with Gasteiger partial charge >= 0.3 is 0 Å². The molecule has 0 aromatic heterocycles. The predicted octanol–water partition coefficient (Wildman–Crippen LogP) is 4.31. The lowest BCUT2D eigenvalue weighted by atomic mass is 10.0. The Kier molecular flexibility index (Phi) is 10.1. The van der Waals surface area contributed by atoms with Gasteiger partial charge in [0.2, 0.25) is 21.8 Å². The van der Waals surface area contributed by atoms with Gasteiger partial charge in [0.1, 0.15) is 18.3 Å². The molecule has 0 aliphatic rings. The molecule has 37 heavy (non-hydrogen) atoms. The first-order chi connectivity index (χ1) is 17.2. The van der Waals surface area contributed by atoms with Crippen molar-refractivity contribution < 1.29 is 22.7 Å². The Morgan fingerprint density at radius 3 is 2.24 bits per heavy atom. The minimum absolute atomic E-state index is 0.0457. The molecule has 8 nitrogen and oxygen atoms in total. The molecule has 2 rings (SSSR count). The molecular weight excluding hydrogens is 490 g/mol. The minimum Gasteiger partial charge on any atom is -0.497 e. The second-order valence-electron chi connectivity index (χ2n) is 10.5. The number of para-hydroxylation sites is 1. The van der Waals surface area contributed by atoms with Crippen molar-refractivity contribution in [2.75, 3.05) is 24.2 Å². The van der Waals surface area contributed by atoms with Crippen LogP contribution in [0.15, 0.2) is 48.5 Å². The Hall–Kier alpha value is -3.07. The summed E-state index contributed by atoms with van der Waals surface area (Å²) in [6, 6.07) is 13.6. The number of amides is 2. The van der Waals surface area contributed by atoms with E-state index in [4.69, 9.17) is 4.74 Å². The maximum atomic E-state index is 13.9. The number of benzene rings is 2. The summed E-state index contributed by atoms with van der Waals surface area (Å²) in [7, 11) is -2.24. The van der Waals surface area contributed by atoms with Crippen LogP contribution in [0, 0.1) is 0 Å². The minimum atomic E-state index is -3.80. The number of methoxy groups -OCH3 is 1. The van der Waals surface area contributed by atoms with E-state index in [1.165, 1.54) is 4.90 Å². The molecule has 0 spiro atoms. The molecule has 0 radical (unpaired) electrons. The lowest BCUT2D eigenvalue weighted by Crippen LogP contribution is -2.55. The Bertz CT molecular complexity index is 1190. The molecule has 2 amide bonds. The van der Waals surface area contributed by atoms with Crippen LogP contribution in [0.5, 0.6) is 5.75 Å². The van der Waals surface area contributed by atoms with Gasteiger partial charge in [0.15, 0.2) is 0 Å². The molecule has 1 atom stereocenters. The molecule has 204 valence electrons. The van der Waals surface area contributed by atoms with Gasteiger partial charge in [0.05, 0.1) is 19.1 Å². The number of rotatable bonds is 11. The van der Waals surface area contributed by atoms with Gasteiger partial charge in [0.25, 0.3) is 0 Å². The van der Waals surface area contributed by atoms with Crippen LogP contribution in [0.3, 0.4) is 0 Å². The van der Waals surface area contributed by atoms with Crippen LogP contribution in [-0.4, -0.2) is 56.6 Å². The Balaban J connectivity index is 2.54. The topological polar surface area (TPSA) is 96.0 Å². The molecule has 0 aliphatic heterocycles. The van der Waals surface area contributed by atoms with E-state index in [-0.39, 0.29) is 18.4 Å². The number of hydrogen-bond donors (Lipinski definition) is 1. The summed E-state index contributed by atoms with van der Waals surface area (Å²) in [5.74, 6) is -0.0902. The van der Waals surface area contributed by atoms with Crippen LogP contribution in [0.4, 0.5) is 5.69 Å². The molecule has 2 aromatic carbocycles. The van der Waals surface area contributed by atoms with Crippen molar-refractivity contribution in [2.45, 2.75) is 72.0 Å². The van der Waals surface area contributed by atoms with Crippen LogP contribution >= 0.6 is 0 Å². The average Bonchev–Trinajstić information content (AvgIpc) is 2.80. The molecular formula is C28H41N3O5S. The van der Waals surface area contributed by atoms with Crippen molar-refractivity contribution in [1.29, 1.82) is 0 Å². The Morgan fingerprint density at radius 2 is 1.70 bits per heavy atom. The van der Waals surface area contributed by atoms with Crippen molar-refractivity contribution >= 4 is 27.5 Å². The third-order valence-electron chi connectivity index (χ3n) is 5.88. The van der Waals surface area contributed by atoms with E-state index in [0.717, 1.165) is 21.7 Å². The Labute approximate surface area is 222 Å². The summed E-state index contributed by atoms with van der Waals surface area (Å²) in [6.07, 6.45) is 1.45. The molecule has 0 saturated heterocycles. The molecule has 0 saturated carbocycles. The van der Waals surface area contributed by atoms with Gasteiger partial charge in [-0.1, -0.05) is 51.1 Å². The normalized spacial score (nSPS) is 12.7. The van der Waals surface area contributed by atoms with Crippen LogP contribution < -0.4 is 14.4 Å². The summed E-state index contributed by atoms with van der Waals surface area (Å²) in [5, 5.41) is 2.96. The number of sulfonamides is 1. The number of ether oxygens (including phenoxy) is 1. The van der Waals surface area contributed by atoms with Crippen molar-refractivity contribution in [2.24, 2.45) is 0 Å². The second-order valence-corrected chi connectivity index (χ2v) is 12.4. The lowest BCUT2D eigenvalue weighted by Gasteiger charge is -2.35. The second kappa shape index (κ2) is 12.4. The highest BCUT2D eigenvalue weighted by atomic mass is 32.2. The maximum absolute atomic E-state index is 13.9. The highest BCUT2D eigenvalue weighted by molar-refractivity contribution is 7.92. The average molecular weight is 532 g/mol. The summed E-state index contributed by atoms with van der Waals surface area (Å²) < 4.78 is 32.3. The van der Waals surface area contributed by atoms with Crippen molar-refractivity contribution in [1.82, 2.24) is 10.2 Å². The van der Waals surface area contributed by atoms with Crippen LogP contribution in [0.2, 0.25) is 0 Å². The van der Waals surface area contributed by atoms with E-state index in [0.29, 0.717) is 17.9 Å². The van der Waals surface area contributed by atoms with Gasteiger partial charge < -0.3 is 15.0 Å². The van der Waals surface area contributed by atoms with E-state index in [1.807, 2.05) is 65.8 Å². The first kappa shape index (κ1) is 30.2. The molecule has 0 aliphatic carbocycles. The fraction of sp³-hybridized carbons (Fsp3) is 0.500. The van der Waals surface area contributed by atoms with Crippen molar-refractivity contribution in [3.8, 4) is 5.75 Å². The van der Waals surface area contributed by atoms with E-state index in [1.54, 1.807) is 31.4 Å². The Morgan fingerprint density at radius 1 is 1.05 bits per heavy atom. The van der Waals surface area contributed by atoms with Crippen molar-refractivity contribution in [3.63, 3.8) is 0 Å². The summed E-state index contributed by atoms with van der Waals surface area (Å²) in [4.78, 5) is 28.6. The van der Waals surface area contributed by atoms with E-state index in [9.17, 15) is 18.0 Å². The first-order valence-electron chi connectivity index (χ1n) is 12.5. The molecule has 0 fully saturated rings. The molecule has 0 bridgehead atoms. The van der Waals surface area contributed by atoms with Gasteiger partial charge in [-0.15, -0.1) is 0 Å². The molecule has 1 N–H and O–H groups in total. The largest absolute Gasteiger partial charge is 0.497 e. The van der Waals surface area contributed by atoms with Crippen molar-refractivity contribution in [3.05, 3.63) is 59.7 Å². The predicted molar refractivity (Wildman–Crippen MR) is 148 cm³/mol. The number of hydrogen-bond acceptors (Lipinski definition) is 5. The zero-order chi connectivity index (χ0) is 28.0. The monoisotopic (exact) mass is 531 g/mol. The zero-order valence-electron chi connectivity index (χ0n) is 23.2. The highest BCUT2D eigenvalue weighted by Crippen LogP contribution is 2.29. The number of nitrogens with one attached hydrogen (secondary N) is 1. The number of nitrogens with zero attached hydrogens (tertiary/aromatic N) is 2. The molecule has 9 heteroatoms. The highest BCUT2D eigenvalue weighted by Gasteiger charge is 2.33. The number of carbonyl (C=O) groups is 2. The molecule has 2 aromatic rings. The fourth-order valence-corrected chi connectivity index (χ4v) is 5.01. The molecule has 1 unspecified atom stereocenters. The quantitative estimate of drug-likeness (QED) is 0.466. The lowest BCUT2D eigenvalue weighted by molar-refractivity contribution is -0.141. The standard InChI is InChI=1S/C28H41N3O5S/c1-9-24(27(33)29-28(4,5)6)30(18-21-13-12-14-22(17-21)36-7)26(32)19-31(37(8,34)35)25-16-11-10-15-23(25)20(2)3/h10-17,20,24H,9,18-19H2,1-8H3,(H,29,33). The van der Waals surface area contributed by atoms with E-state index >= 15 is 0 Å². The first-order valence-corrected chi connectivity index (χ1v) is 14.3. The van der Waals surface area contributed by atoms with Gasteiger partial charge in [-0.2, -0.15) is 0 Å². The van der Waals surface area contributed by atoms with Gasteiger partial charge in [-0.3, -0.25) is 13.9 Å². The summed E-state index contributed by atoms with van der Waals surface area (Å²) >= 11 is 0. The summed E-state index contributed by atoms with van der Waals surface area (Å²) in [6.45, 7) is 11.1. The van der Waals surface area contributed by atoms with Crippen LogP contribution in [-0.2, 0) is 26.2 Å². The van der Waals surface area contributed by atoms with Gasteiger partial charge in [-0.05, 0) is 62.4 Å². The third kappa shape index (κ3) is 8.49. The fourth-order valence-electron chi connectivity index (χ4n) is 4.14. The third-order valence-corrected chi connectivity index (χ3v) is 7.00. The SMILES string of the molecule is CCC(C(=O)NC(C)(C)C)N(Cc1cccc(OC)c1)C(=O)CN(c1ccccc1C(C)C)S(C)(=O)=O. The van der Waals surface area contributed by atoms with E-state index in [2.05, 4.69) is 5.32 Å². The maximum Gasteiger partial charge on any atom is 0.244 e. The van der Waals surface area contributed by atoms with Gasteiger partial charge in [0, 0.05) is 12.1 Å². The van der Waals surface area contributed by atoms with Crippen LogP contribution in [0.1, 0.15) is 65.0 Å². The zero-order valence-corrected chi connectivity index (χ0v) is 24.1. The smallest absolute Gasteiger partial charge is 0.244 e. The van der Waals surface area contributed by atoms with Gasteiger partial charge in [-0.25, -0.2) is 8.42 Å². The number of carbonyl (C=O) groups excluding carboxylic acids is 2. The van der Waals surface area contributed by atoms with E-state index < -0.39 is 34.1 Å². The molecule has 0 heterocycles. The summed E-state index contributed by atoms with van der Waals surface area (Å²) in [5.41, 5.74) is 1.55. The number of anilines is 1.